The molecule has 1 aromatic heterocycles. The first-order valence-corrected chi connectivity index (χ1v) is 9.10. The lowest BCUT2D eigenvalue weighted by molar-refractivity contribution is -0.133. The van der Waals surface area contributed by atoms with Crippen molar-refractivity contribution >= 4 is 23.6 Å². The first-order chi connectivity index (χ1) is 12.5. The van der Waals surface area contributed by atoms with Gasteiger partial charge in [0, 0.05) is 24.2 Å². The van der Waals surface area contributed by atoms with Crippen LogP contribution < -0.4 is 0 Å². The molecule has 1 heterocycles. The number of likely N-dealkylation sites (N-methyl/N-ethyl adjacent to an activating group) is 1. The van der Waals surface area contributed by atoms with Crippen LogP contribution >= 0.6 is 11.8 Å². The Balaban J connectivity index is 2.03. The van der Waals surface area contributed by atoms with E-state index < -0.39 is 5.97 Å². The highest BCUT2D eigenvalue weighted by atomic mass is 32.2. The summed E-state index contributed by atoms with van der Waals surface area (Å²) in [4.78, 5) is 31.5. The standard InChI is InChI=1S/C20H22N2O3S/c1-4-22(13-15(2)3)18(23)14-25-20(24)17-11-8-12-21-19(17)26-16-9-6-5-7-10-16/h5-12H,2,4,13-14H2,1,3H3. The molecule has 0 N–H and O–H groups in total. The second-order valence-electron chi connectivity index (χ2n) is 5.71. The van der Waals surface area contributed by atoms with Crippen LogP contribution in [-0.4, -0.2) is 41.5 Å². The van der Waals surface area contributed by atoms with Gasteiger partial charge in [-0.1, -0.05) is 42.1 Å². The number of aromatic nitrogens is 1. The van der Waals surface area contributed by atoms with E-state index in [4.69, 9.17) is 4.74 Å². The second kappa shape index (κ2) is 9.77. The monoisotopic (exact) mass is 370 g/mol. The number of carbonyl (C=O) groups is 2. The fourth-order valence-electron chi connectivity index (χ4n) is 2.23. The molecule has 0 aliphatic heterocycles. The molecule has 0 spiro atoms. The van der Waals surface area contributed by atoms with Crippen molar-refractivity contribution in [2.75, 3.05) is 19.7 Å². The lowest BCUT2D eigenvalue weighted by Gasteiger charge is -2.20. The van der Waals surface area contributed by atoms with E-state index in [1.807, 2.05) is 44.2 Å². The first-order valence-electron chi connectivity index (χ1n) is 8.28. The van der Waals surface area contributed by atoms with Crippen molar-refractivity contribution in [3.05, 3.63) is 66.4 Å². The van der Waals surface area contributed by atoms with Gasteiger partial charge in [0.05, 0.1) is 5.56 Å². The topological polar surface area (TPSA) is 59.5 Å². The van der Waals surface area contributed by atoms with Crippen molar-refractivity contribution in [2.24, 2.45) is 0 Å². The maximum atomic E-state index is 12.4. The molecular formula is C20H22N2O3S. The average Bonchev–Trinajstić information content (AvgIpc) is 2.65. The number of pyridine rings is 1. The van der Waals surface area contributed by atoms with Crippen LogP contribution in [0, 0.1) is 0 Å². The summed E-state index contributed by atoms with van der Waals surface area (Å²) in [6, 6.07) is 13.0. The molecule has 0 atom stereocenters. The Morgan fingerprint density at radius 1 is 1.19 bits per heavy atom. The first kappa shape index (κ1) is 19.7. The lowest BCUT2D eigenvalue weighted by Crippen LogP contribution is -2.35. The van der Waals surface area contributed by atoms with E-state index in [0.29, 0.717) is 23.7 Å². The zero-order valence-corrected chi connectivity index (χ0v) is 15.8. The van der Waals surface area contributed by atoms with Crippen LogP contribution in [0.25, 0.3) is 0 Å². The predicted octanol–water partition coefficient (Wildman–Crippen LogP) is 3.81. The Hall–Kier alpha value is -2.60. The normalized spacial score (nSPS) is 10.2. The number of esters is 1. The highest BCUT2D eigenvalue weighted by Crippen LogP contribution is 2.28. The molecule has 0 radical (unpaired) electrons. The van der Waals surface area contributed by atoms with E-state index in [0.717, 1.165) is 10.5 Å². The van der Waals surface area contributed by atoms with Crippen LogP contribution in [0.15, 0.2) is 70.7 Å². The van der Waals surface area contributed by atoms with E-state index in [1.165, 1.54) is 11.8 Å². The molecule has 0 saturated carbocycles. The van der Waals surface area contributed by atoms with Gasteiger partial charge in [0.2, 0.25) is 0 Å². The molecular weight excluding hydrogens is 348 g/mol. The summed E-state index contributed by atoms with van der Waals surface area (Å²) in [5.74, 6) is -0.804. The maximum absolute atomic E-state index is 12.4. The zero-order chi connectivity index (χ0) is 18.9. The Labute approximate surface area is 158 Å². The highest BCUT2D eigenvalue weighted by molar-refractivity contribution is 7.99. The van der Waals surface area contributed by atoms with E-state index in [-0.39, 0.29) is 12.5 Å². The van der Waals surface area contributed by atoms with Crippen molar-refractivity contribution in [1.82, 2.24) is 9.88 Å². The van der Waals surface area contributed by atoms with Gasteiger partial charge in [0.25, 0.3) is 5.91 Å². The van der Waals surface area contributed by atoms with Crippen LogP contribution in [0.3, 0.4) is 0 Å². The molecule has 0 aliphatic carbocycles. The lowest BCUT2D eigenvalue weighted by atomic mass is 10.3. The molecule has 6 heteroatoms. The molecule has 1 amide bonds. The van der Waals surface area contributed by atoms with E-state index in [2.05, 4.69) is 11.6 Å². The summed E-state index contributed by atoms with van der Waals surface area (Å²) < 4.78 is 5.22. The van der Waals surface area contributed by atoms with Crippen molar-refractivity contribution in [3.8, 4) is 0 Å². The number of ether oxygens (including phenoxy) is 1. The fraction of sp³-hybridized carbons (Fsp3) is 0.250. The Kier molecular flexibility index (Phi) is 7.41. The molecule has 2 rings (SSSR count). The number of hydrogen-bond acceptors (Lipinski definition) is 5. The smallest absolute Gasteiger partial charge is 0.341 e. The number of nitrogens with zero attached hydrogens (tertiary/aromatic N) is 2. The van der Waals surface area contributed by atoms with Crippen LogP contribution in [0.1, 0.15) is 24.2 Å². The number of benzene rings is 1. The Morgan fingerprint density at radius 2 is 1.92 bits per heavy atom. The van der Waals surface area contributed by atoms with Crippen LogP contribution in [0.2, 0.25) is 0 Å². The van der Waals surface area contributed by atoms with Gasteiger partial charge in [-0.3, -0.25) is 4.79 Å². The van der Waals surface area contributed by atoms with Gasteiger partial charge < -0.3 is 9.64 Å². The minimum absolute atomic E-state index is 0.245. The molecule has 2 aromatic rings. The molecule has 0 saturated heterocycles. The van der Waals surface area contributed by atoms with Gasteiger partial charge in [-0.05, 0) is 38.1 Å². The summed E-state index contributed by atoms with van der Waals surface area (Å²) in [6.45, 7) is 8.22. The molecule has 0 unspecified atom stereocenters. The molecule has 0 fully saturated rings. The quantitative estimate of drug-likeness (QED) is 0.522. The molecule has 26 heavy (non-hydrogen) atoms. The largest absolute Gasteiger partial charge is 0.452 e. The minimum atomic E-state index is -0.559. The molecule has 1 aromatic carbocycles. The number of hydrogen-bond donors (Lipinski definition) is 0. The van der Waals surface area contributed by atoms with E-state index in [1.54, 1.807) is 23.2 Å². The third kappa shape index (κ3) is 5.74. The van der Waals surface area contributed by atoms with E-state index in [9.17, 15) is 9.59 Å². The third-order valence-electron chi connectivity index (χ3n) is 3.47. The summed E-state index contributed by atoms with van der Waals surface area (Å²) in [7, 11) is 0. The maximum Gasteiger partial charge on any atom is 0.341 e. The van der Waals surface area contributed by atoms with Crippen LogP contribution in [0.4, 0.5) is 0 Å². The second-order valence-corrected chi connectivity index (χ2v) is 6.77. The SMILES string of the molecule is C=C(C)CN(CC)C(=O)COC(=O)c1cccnc1Sc1ccccc1. The van der Waals surface area contributed by atoms with Gasteiger partial charge >= 0.3 is 5.97 Å². The number of rotatable bonds is 8. The number of amides is 1. The van der Waals surface area contributed by atoms with Crippen LogP contribution in [0.5, 0.6) is 0 Å². The van der Waals surface area contributed by atoms with Crippen LogP contribution in [-0.2, 0) is 9.53 Å². The fourth-order valence-corrected chi connectivity index (χ4v) is 3.12. The average molecular weight is 370 g/mol. The third-order valence-corrected chi connectivity index (χ3v) is 4.50. The number of carbonyl (C=O) groups excluding carboxylic acids is 2. The summed E-state index contributed by atoms with van der Waals surface area (Å²) in [6.07, 6.45) is 1.62. The minimum Gasteiger partial charge on any atom is -0.452 e. The predicted molar refractivity (Wildman–Crippen MR) is 102 cm³/mol. The van der Waals surface area contributed by atoms with Crippen molar-refractivity contribution in [1.29, 1.82) is 0 Å². The van der Waals surface area contributed by atoms with Gasteiger partial charge in [-0.2, -0.15) is 0 Å². The Morgan fingerprint density at radius 3 is 2.58 bits per heavy atom. The van der Waals surface area contributed by atoms with Gasteiger partial charge in [0.1, 0.15) is 5.03 Å². The molecule has 136 valence electrons. The Bertz CT molecular complexity index is 778. The van der Waals surface area contributed by atoms with Gasteiger partial charge in [-0.25, -0.2) is 9.78 Å². The van der Waals surface area contributed by atoms with Crippen molar-refractivity contribution in [2.45, 2.75) is 23.8 Å². The highest BCUT2D eigenvalue weighted by Gasteiger charge is 2.18. The van der Waals surface area contributed by atoms with Gasteiger partial charge in [-0.15, -0.1) is 0 Å². The molecule has 5 nitrogen and oxygen atoms in total. The van der Waals surface area contributed by atoms with Crippen molar-refractivity contribution in [3.63, 3.8) is 0 Å². The zero-order valence-electron chi connectivity index (χ0n) is 15.0. The van der Waals surface area contributed by atoms with E-state index >= 15 is 0 Å². The molecule has 0 bridgehead atoms. The summed E-state index contributed by atoms with van der Waals surface area (Å²) in [5, 5.41) is 0.547. The summed E-state index contributed by atoms with van der Waals surface area (Å²) in [5.41, 5.74) is 1.22. The summed E-state index contributed by atoms with van der Waals surface area (Å²) >= 11 is 1.38. The van der Waals surface area contributed by atoms with Gasteiger partial charge in [0.15, 0.2) is 6.61 Å². The van der Waals surface area contributed by atoms with Crippen molar-refractivity contribution < 1.29 is 14.3 Å². The molecule has 0 aliphatic rings.